The van der Waals surface area contributed by atoms with Gasteiger partial charge in [0.1, 0.15) is 17.1 Å². The summed E-state index contributed by atoms with van der Waals surface area (Å²) < 4.78 is 5.40. The first-order valence-corrected chi connectivity index (χ1v) is 10.8. The number of hydrogen-bond acceptors (Lipinski definition) is 4. The molecule has 0 aliphatic rings. The minimum atomic E-state index is -1.30. The van der Waals surface area contributed by atoms with Crippen LogP contribution in [-0.2, 0) is 12.8 Å². The number of carboxylic acids is 1. The highest BCUT2D eigenvalue weighted by Gasteiger charge is 2.25. The molecule has 2 N–H and O–H groups in total. The molecule has 0 unspecified atom stereocenters. The first-order valence-electron chi connectivity index (χ1n) is 10.4. The number of carbonyl (C=O) groups excluding carboxylic acids is 1. The van der Waals surface area contributed by atoms with Gasteiger partial charge in [0.15, 0.2) is 5.78 Å². The summed E-state index contributed by atoms with van der Waals surface area (Å²) >= 11 is 5.97. The fourth-order valence-electron chi connectivity index (χ4n) is 3.66. The molecule has 0 heterocycles. The van der Waals surface area contributed by atoms with Gasteiger partial charge in [-0.3, -0.25) is 4.79 Å². The SMILES string of the molecule is COc1cc(O)c(C(=O)O)c(CC(=O)c2cccc(-c3ccc(Cl)cc3)c2)c1CC=C(C)C. The zero-order valence-electron chi connectivity index (χ0n) is 18.7. The Kier molecular flexibility index (Phi) is 7.56. The largest absolute Gasteiger partial charge is 0.507 e. The average molecular weight is 465 g/mol. The number of halogens is 1. The smallest absolute Gasteiger partial charge is 0.339 e. The molecule has 0 radical (unpaired) electrons. The molecular weight excluding hydrogens is 440 g/mol. The van der Waals surface area contributed by atoms with Gasteiger partial charge in [-0.05, 0) is 55.2 Å². The number of phenols is 1. The second-order valence-corrected chi connectivity index (χ2v) is 8.34. The molecule has 3 rings (SSSR count). The lowest BCUT2D eigenvalue weighted by Gasteiger charge is -2.17. The molecule has 6 heteroatoms. The Morgan fingerprint density at radius 1 is 1.00 bits per heavy atom. The van der Waals surface area contributed by atoms with Gasteiger partial charge >= 0.3 is 5.97 Å². The van der Waals surface area contributed by atoms with Gasteiger partial charge in [-0.2, -0.15) is 0 Å². The molecule has 0 aliphatic heterocycles. The summed E-state index contributed by atoms with van der Waals surface area (Å²) in [6, 6.07) is 15.7. The molecule has 0 saturated heterocycles. The molecule has 0 spiro atoms. The molecule has 5 nitrogen and oxygen atoms in total. The summed E-state index contributed by atoms with van der Waals surface area (Å²) in [6.07, 6.45) is 2.11. The van der Waals surface area contributed by atoms with E-state index in [-0.39, 0.29) is 23.3 Å². The summed E-state index contributed by atoms with van der Waals surface area (Å²) in [4.78, 5) is 25.3. The van der Waals surface area contributed by atoms with Crippen LogP contribution in [0.25, 0.3) is 11.1 Å². The molecule has 33 heavy (non-hydrogen) atoms. The maximum atomic E-state index is 13.3. The first kappa shape index (κ1) is 24.1. The van der Waals surface area contributed by atoms with E-state index in [0.29, 0.717) is 28.3 Å². The quantitative estimate of drug-likeness (QED) is 0.299. The number of ketones is 1. The Bertz CT molecular complexity index is 1220. The minimum absolute atomic E-state index is 0.192. The summed E-state index contributed by atoms with van der Waals surface area (Å²) in [5, 5.41) is 20.8. The van der Waals surface area contributed by atoms with Crippen molar-refractivity contribution in [2.45, 2.75) is 26.7 Å². The van der Waals surface area contributed by atoms with Crippen LogP contribution in [0.15, 0.2) is 66.2 Å². The third kappa shape index (κ3) is 5.62. The molecule has 0 aromatic heterocycles. The van der Waals surface area contributed by atoms with Crippen LogP contribution in [-0.4, -0.2) is 29.1 Å². The van der Waals surface area contributed by atoms with Crippen molar-refractivity contribution in [1.29, 1.82) is 0 Å². The number of benzene rings is 3. The maximum Gasteiger partial charge on any atom is 0.339 e. The normalized spacial score (nSPS) is 10.5. The molecule has 0 amide bonds. The van der Waals surface area contributed by atoms with Gasteiger partial charge in [-0.25, -0.2) is 4.79 Å². The Hall–Kier alpha value is -3.57. The number of ether oxygens (including phenoxy) is 1. The van der Waals surface area contributed by atoms with E-state index < -0.39 is 11.7 Å². The van der Waals surface area contributed by atoms with Crippen LogP contribution in [0.5, 0.6) is 11.5 Å². The lowest BCUT2D eigenvalue weighted by molar-refractivity contribution is 0.0692. The van der Waals surface area contributed by atoms with Gasteiger partial charge < -0.3 is 14.9 Å². The average Bonchev–Trinajstić information content (AvgIpc) is 2.78. The van der Waals surface area contributed by atoms with Crippen LogP contribution in [0.1, 0.15) is 45.7 Å². The van der Waals surface area contributed by atoms with Crippen molar-refractivity contribution in [3.8, 4) is 22.6 Å². The molecule has 0 atom stereocenters. The number of aromatic hydroxyl groups is 1. The molecule has 3 aromatic carbocycles. The van der Waals surface area contributed by atoms with E-state index in [0.717, 1.165) is 16.7 Å². The Balaban J connectivity index is 2.06. The van der Waals surface area contributed by atoms with Crippen LogP contribution in [0.4, 0.5) is 0 Å². The number of methoxy groups -OCH3 is 1. The van der Waals surface area contributed by atoms with E-state index in [4.69, 9.17) is 16.3 Å². The molecule has 0 bridgehead atoms. The lowest BCUT2D eigenvalue weighted by Crippen LogP contribution is -2.13. The van der Waals surface area contributed by atoms with E-state index >= 15 is 0 Å². The zero-order valence-corrected chi connectivity index (χ0v) is 19.4. The number of aromatic carboxylic acids is 1. The van der Waals surface area contributed by atoms with Gasteiger partial charge in [-0.1, -0.05) is 53.6 Å². The van der Waals surface area contributed by atoms with Gasteiger partial charge in [0, 0.05) is 28.6 Å². The highest BCUT2D eigenvalue weighted by molar-refractivity contribution is 6.30. The van der Waals surface area contributed by atoms with Crippen molar-refractivity contribution in [3.05, 3.63) is 93.5 Å². The molecule has 0 saturated carbocycles. The second-order valence-electron chi connectivity index (χ2n) is 7.91. The van der Waals surface area contributed by atoms with Crippen LogP contribution in [0.2, 0.25) is 5.02 Å². The van der Waals surface area contributed by atoms with Gasteiger partial charge in [0.05, 0.1) is 7.11 Å². The molecule has 3 aromatic rings. The van der Waals surface area contributed by atoms with Gasteiger partial charge in [-0.15, -0.1) is 0 Å². The van der Waals surface area contributed by atoms with Crippen molar-refractivity contribution in [1.82, 2.24) is 0 Å². The van der Waals surface area contributed by atoms with Crippen molar-refractivity contribution in [3.63, 3.8) is 0 Å². The third-order valence-corrected chi connectivity index (χ3v) is 5.59. The topological polar surface area (TPSA) is 83.8 Å². The number of rotatable bonds is 8. The first-order chi connectivity index (χ1) is 15.7. The highest BCUT2D eigenvalue weighted by atomic mass is 35.5. The van der Waals surface area contributed by atoms with E-state index in [9.17, 15) is 19.8 Å². The van der Waals surface area contributed by atoms with E-state index in [2.05, 4.69) is 0 Å². The molecular formula is C27H25ClO5. The summed E-state index contributed by atoms with van der Waals surface area (Å²) in [6.45, 7) is 3.86. The predicted molar refractivity (Wildman–Crippen MR) is 130 cm³/mol. The van der Waals surface area contributed by atoms with E-state index in [1.54, 1.807) is 30.3 Å². The van der Waals surface area contributed by atoms with Crippen LogP contribution in [0.3, 0.4) is 0 Å². The monoisotopic (exact) mass is 464 g/mol. The van der Waals surface area contributed by atoms with Crippen LogP contribution < -0.4 is 4.74 Å². The number of allylic oxidation sites excluding steroid dienone is 2. The Morgan fingerprint density at radius 3 is 2.30 bits per heavy atom. The fraction of sp³-hybridized carbons (Fsp3) is 0.185. The van der Waals surface area contributed by atoms with Crippen molar-refractivity contribution < 1.29 is 24.5 Å². The molecule has 170 valence electrons. The standard InChI is InChI=1S/C27H25ClO5/c1-16(2)7-12-21-22(26(27(31)32)24(30)15-25(21)33-3)14-23(29)19-6-4-5-18(13-19)17-8-10-20(28)11-9-17/h4-11,13,15,30H,12,14H2,1-3H3,(H,31,32). The number of carboxylic acid groups (broad SMARTS) is 1. The van der Waals surface area contributed by atoms with Crippen LogP contribution in [0, 0.1) is 0 Å². The van der Waals surface area contributed by atoms with Gasteiger partial charge in [0.25, 0.3) is 0 Å². The maximum absolute atomic E-state index is 13.3. The fourth-order valence-corrected chi connectivity index (χ4v) is 3.79. The number of carbonyl (C=O) groups is 2. The summed E-state index contributed by atoms with van der Waals surface area (Å²) in [5.74, 6) is -1.66. The molecule has 0 aliphatic carbocycles. The highest BCUT2D eigenvalue weighted by Crippen LogP contribution is 2.35. The Labute approximate surface area is 197 Å². The van der Waals surface area contributed by atoms with E-state index in [1.165, 1.54) is 13.2 Å². The zero-order chi connectivity index (χ0) is 24.1. The van der Waals surface area contributed by atoms with Crippen molar-refractivity contribution in [2.75, 3.05) is 7.11 Å². The number of Topliss-reactive ketones (excluding diaryl/α,β-unsaturated/α-hetero) is 1. The van der Waals surface area contributed by atoms with Gasteiger partial charge in [0.2, 0.25) is 0 Å². The van der Waals surface area contributed by atoms with E-state index in [1.807, 2.05) is 38.1 Å². The summed E-state index contributed by atoms with van der Waals surface area (Å²) in [7, 11) is 1.45. The van der Waals surface area contributed by atoms with Crippen molar-refractivity contribution >= 4 is 23.4 Å². The Morgan fingerprint density at radius 2 is 1.70 bits per heavy atom. The predicted octanol–water partition coefficient (Wildman–Crippen LogP) is 6.35. The molecule has 0 fully saturated rings. The number of hydrogen-bond donors (Lipinski definition) is 2. The lowest BCUT2D eigenvalue weighted by atomic mass is 9.90. The summed E-state index contributed by atoms with van der Waals surface area (Å²) in [5.41, 5.74) is 3.76. The van der Waals surface area contributed by atoms with Crippen molar-refractivity contribution in [2.24, 2.45) is 0 Å². The minimum Gasteiger partial charge on any atom is -0.507 e. The van der Waals surface area contributed by atoms with Crippen LogP contribution >= 0.6 is 11.6 Å². The third-order valence-electron chi connectivity index (χ3n) is 5.34. The second kappa shape index (κ2) is 10.4.